The van der Waals surface area contributed by atoms with Crippen LogP contribution in [0.15, 0.2) is 29.4 Å². The minimum Gasteiger partial charge on any atom is -0.341 e. The van der Waals surface area contributed by atoms with Crippen LogP contribution in [-0.4, -0.2) is 61.1 Å². The first-order valence-corrected chi connectivity index (χ1v) is 13.4. The number of benzene rings is 1. The fourth-order valence-electron chi connectivity index (χ4n) is 4.93. The van der Waals surface area contributed by atoms with E-state index in [-0.39, 0.29) is 22.8 Å². The summed E-state index contributed by atoms with van der Waals surface area (Å²) in [5, 5.41) is 0. The average Bonchev–Trinajstić information content (AvgIpc) is 3.15. The first-order chi connectivity index (χ1) is 15.7. The van der Waals surface area contributed by atoms with Crippen LogP contribution < -0.4 is 4.90 Å². The van der Waals surface area contributed by atoms with E-state index in [4.69, 9.17) is 0 Å². The van der Waals surface area contributed by atoms with Crippen LogP contribution in [0.25, 0.3) is 0 Å². The number of rotatable bonds is 6. The van der Waals surface area contributed by atoms with Gasteiger partial charge in [-0.25, -0.2) is 22.8 Å². The Morgan fingerprint density at radius 2 is 1.76 bits per heavy atom. The van der Waals surface area contributed by atoms with Gasteiger partial charge in [0.2, 0.25) is 11.9 Å². The SMILES string of the molecule is CCc1cnc(N2CCC(N3CC[C@H](Cc4cc(C)c(S(C)(=O)=O)cc4F)C3=O)CC2)nc1. The molecular formula is C24H31FN4O3S. The topological polar surface area (TPSA) is 83.5 Å². The predicted molar refractivity (Wildman–Crippen MR) is 124 cm³/mol. The number of carbonyl (C=O) groups excluding carboxylic acids is 1. The van der Waals surface area contributed by atoms with Crippen molar-refractivity contribution in [1.82, 2.24) is 14.9 Å². The Morgan fingerprint density at radius 3 is 2.36 bits per heavy atom. The molecule has 2 aliphatic heterocycles. The highest BCUT2D eigenvalue weighted by Gasteiger charge is 2.37. The number of aromatic nitrogens is 2. The summed E-state index contributed by atoms with van der Waals surface area (Å²) in [5.41, 5.74) is 2.03. The Kier molecular flexibility index (Phi) is 6.70. The van der Waals surface area contributed by atoms with Crippen LogP contribution in [0.5, 0.6) is 0 Å². The lowest BCUT2D eigenvalue weighted by Gasteiger charge is -2.36. The van der Waals surface area contributed by atoms with Gasteiger partial charge in [-0.15, -0.1) is 0 Å². The van der Waals surface area contributed by atoms with Crippen molar-refractivity contribution < 1.29 is 17.6 Å². The molecule has 2 saturated heterocycles. The van der Waals surface area contributed by atoms with Crippen LogP contribution in [-0.2, 0) is 27.5 Å². The maximum absolute atomic E-state index is 14.6. The molecule has 1 aromatic heterocycles. The lowest BCUT2D eigenvalue weighted by atomic mass is 9.96. The van der Waals surface area contributed by atoms with Crippen LogP contribution in [0.1, 0.15) is 42.9 Å². The number of hydrogen-bond donors (Lipinski definition) is 0. The smallest absolute Gasteiger partial charge is 0.226 e. The Labute approximate surface area is 194 Å². The molecule has 0 radical (unpaired) electrons. The van der Waals surface area contributed by atoms with Gasteiger partial charge < -0.3 is 9.80 Å². The second-order valence-corrected chi connectivity index (χ2v) is 11.1. The van der Waals surface area contributed by atoms with Crippen LogP contribution in [0.3, 0.4) is 0 Å². The summed E-state index contributed by atoms with van der Waals surface area (Å²) in [7, 11) is -3.49. The second kappa shape index (κ2) is 9.37. The van der Waals surface area contributed by atoms with Crippen molar-refractivity contribution in [2.75, 3.05) is 30.8 Å². The number of likely N-dealkylation sites (tertiary alicyclic amines) is 1. The molecule has 4 rings (SSSR count). The van der Waals surface area contributed by atoms with E-state index in [0.29, 0.717) is 30.5 Å². The molecule has 178 valence electrons. The number of sulfone groups is 1. The summed E-state index contributed by atoms with van der Waals surface area (Å²) in [6.45, 7) is 6.01. The van der Waals surface area contributed by atoms with Gasteiger partial charge in [0, 0.05) is 50.2 Å². The summed E-state index contributed by atoms with van der Waals surface area (Å²) in [5.74, 6) is -0.0264. The van der Waals surface area contributed by atoms with E-state index in [1.54, 1.807) is 13.0 Å². The highest BCUT2D eigenvalue weighted by atomic mass is 32.2. The number of hydrogen-bond acceptors (Lipinski definition) is 6. The molecule has 0 aliphatic carbocycles. The van der Waals surface area contributed by atoms with Gasteiger partial charge in [0.25, 0.3) is 0 Å². The van der Waals surface area contributed by atoms with E-state index >= 15 is 0 Å². The Hall–Kier alpha value is -2.55. The van der Waals surface area contributed by atoms with Crippen LogP contribution >= 0.6 is 0 Å². The summed E-state index contributed by atoms with van der Waals surface area (Å²) in [6, 6.07) is 2.83. The van der Waals surface area contributed by atoms with Crippen molar-refractivity contribution in [3.05, 3.63) is 47.0 Å². The summed E-state index contributed by atoms with van der Waals surface area (Å²) < 4.78 is 38.3. The molecule has 0 bridgehead atoms. The Morgan fingerprint density at radius 1 is 1.09 bits per heavy atom. The molecule has 1 aromatic carbocycles. The van der Waals surface area contributed by atoms with E-state index in [0.717, 1.165) is 56.2 Å². The average molecular weight is 475 g/mol. The van der Waals surface area contributed by atoms with Crippen LogP contribution in [0.2, 0.25) is 0 Å². The van der Waals surface area contributed by atoms with Crippen LogP contribution in [0.4, 0.5) is 10.3 Å². The van der Waals surface area contributed by atoms with Gasteiger partial charge in [-0.05, 0) is 61.8 Å². The van der Waals surface area contributed by atoms with E-state index in [1.165, 1.54) is 0 Å². The highest BCUT2D eigenvalue weighted by Crippen LogP contribution is 2.30. The van der Waals surface area contributed by atoms with E-state index in [9.17, 15) is 17.6 Å². The zero-order chi connectivity index (χ0) is 23.8. The molecule has 1 amide bonds. The molecule has 0 N–H and O–H groups in total. The maximum Gasteiger partial charge on any atom is 0.226 e. The van der Waals surface area contributed by atoms with Crippen molar-refractivity contribution in [2.45, 2.75) is 56.9 Å². The third-order valence-electron chi connectivity index (χ3n) is 6.85. The monoisotopic (exact) mass is 474 g/mol. The number of nitrogens with zero attached hydrogens (tertiary/aromatic N) is 4. The number of halogens is 1. The molecule has 1 atom stereocenters. The summed E-state index contributed by atoms with van der Waals surface area (Å²) >= 11 is 0. The first-order valence-electron chi connectivity index (χ1n) is 11.5. The minimum atomic E-state index is -3.49. The largest absolute Gasteiger partial charge is 0.341 e. The molecule has 33 heavy (non-hydrogen) atoms. The van der Waals surface area contributed by atoms with Gasteiger partial charge in [-0.3, -0.25) is 4.79 Å². The lowest BCUT2D eigenvalue weighted by Crippen LogP contribution is -2.46. The third-order valence-corrected chi connectivity index (χ3v) is 8.09. The number of amides is 1. The number of piperidine rings is 1. The fourth-order valence-corrected chi connectivity index (χ4v) is 5.89. The van der Waals surface area contributed by atoms with E-state index in [1.807, 2.05) is 17.3 Å². The molecule has 0 unspecified atom stereocenters. The molecule has 3 heterocycles. The Bertz CT molecular complexity index is 1130. The maximum atomic E-state index is 14.6. The van der Waals surface area contributed by atoms with Gasteiger partial charge >= 0.3 is 0 Å². The van der Waals surface area contributed by atoms with Crippen molar-refractivity contribution in [2.24, 2.45) is 5.92 Å². The molecule has 0 saturated carbocycles. The van der Waals surface area contributed by atoms with E-state index < -0.39 is 15.7 Å². The molecule has 2 aliphatic rings. The van der Waals surface area contributed by atoms with Crippen molar-refractivity contribution in [3.8, 4) is 0 Å². The van der Waals surface area contributed by atoms with Crippen molar-refractivity contribution in [3.63, 3.8) is 0 Å². The minimum absolute atomic E-state index is 0.00296. The quantitative estimate of drug-likeness (QED) is 0.640. The zero-order valence-electron chi connectivity index (χ0n) is 19.4. The van der Waals surface area contributed by atoms with Crippen molar-refractivity contribution in [1.29, 1.82) is 0 Å². The molecular weight excluding hydrogens is 443 g/mol. The van der Waals surface area contributed by atoms with E-state index in [2.05, 4.69) is 21.8 Å². The second-order valence-electron chi connectivity index (χ2n) is 9.17. The van der Waals surface area contributed by atoms with Crippen LogP contribution in [0, 0.1) is 18.7 Å². The van der Waals surface area contributed by atoms with Gasteiger partial charge in [0.05, 0.1) is 4.90 Å². The highest BCUT2D eigenvalue weighted by molar-refractivity contribution is 7.90. The summed E-state index contributed by atoms with van der Waals surface area (Å²) in [4.78, 5) is 26.2. The first kappa shape index (κ1) is 23.6. The Balaban J connectivity index is 1.37. The molecule has 7 nitrogen and oxygen atoms in total. The molecule has 0 spiro atoms. The number of anilines is 1. The third kappa shape index (κ3) is 5.03. The zero-order valence-corrected chi connectivity index (χ0v) is 20.2. The number of carbonyl (C=O) groups is 1. The predicted octanol–water partition coefficient (Wildman–Crippen LogP) is 2.95. The van der Waals surface area contributed by atoms with Gasteiger partial charge in [-0.2, -0.15) is 0 Å². The van der Waals surface area contributed by atoms with Crippen molar-refractivity contribution >= 4 is 21.7 Å². The normalized spacial score (nSPS) is 20.0. The van der Waals surface area contributed by atoms with Gasteiger partial charge in [0.15, 0.2) is 9.84 Å². The van der Waals surface area contributed by atoms with Gasteiger partial charge in [0.1, 0.15) is 5.82 Å². The molecule has 2 aromatic rings. The lowest BCUT2D eigenvalue weighted by molar-refractivity contribution is -0.133. The van der Waals surface area contributed by atoms with Gasteiger partial charge in [-0.1, -0.05) is 13.0 Å². The molecule has 9 heteroatoms. The molecule has 2 fully saturated rings. The number of aryl methyl sites for hydroxylation is 2. The fraction of sp³-hybridized carbons (Fsp3) is 0.542. The summed E-state index contributed by atoms with van der Waals surface area (Å²) in [6.07, 6.45) is 8.41. The standard InChI is InChI=1S/C24H31FN4O3S/c1-4-17-14-26-24(27-15-17)28-8-6-20(7-9-28)29-10-5-18(23(29)30)12-19-11-16(2)22(13-21(19)25)33(3,31)32/h11,13-15,18,20H,4-10,12H2,1-3H3/t18-/m1/s1.